The van der Waals surface area contributed by atoms with Crippen LogP contribution in [0.15, 0.2) is 138 Å². The van der Waals surface area contributed by atoms with Gasteiger partial charge in [-0.2, -0.15) is 0 Å². The quantitative estimate of drug-likeness (QED) is 0.0965. The Labute approximate surface area is 280 Å². The Morgan fingerprint density at radius 2 is 1.30 bits per heavy atom. The number of halogens is 2. The molecule has 0 aliphatic carbocycles. The molecule has 7 nitrogen and oxygen atoms in total. The molecule has 5 rings (SSSR count). The van der Waals surface area contributed by atoms with E-state index in [2.05, 4.69) is 16.0 Å². The predicted octanol–water partition coefficient (Wildman–Crippen LogP) is 8.93. The number of benzene rings is 5. The average molecular weight is 669 g/mol. The number of hydrogen-bond donors (Lipinski definition) is 3. The maximum absolute atomic E-state index is 13.3. The summed E-state index contributed by atoms with van der Waals surface area (Å²) in [7, 11) is 0. The van der Waals surface area contributed by atoms with Gasteiger partial charge in [0.1, 0.15) is 17.2 Å². The molecule has 3 amide bonds. The fourth-order valence-electron chi connectivity index (χ4n) is 4.13. The summed E-state index contributed by atoms with van der Waals surface area (Å²) in [4.78, 5) is 39.6. The lowest BCUT2D eigenvalue weighted by molar-refractivity contribution is -0.114. The number of para-hydroxylation sites is 1. The van der Waals surface area contributed by atoms with Crippen LogP contribution in [0.5, 0.6) is 11.5 Å². The van der Waals surface area contributed by atoms with Crippen molar-refractivity contribution in [1.82, 2.24) is 5.32 Å². The van der Waals surface area contributed by atoms with Crippen molar-refractivity contribution in [3.05, 3.63) is 154 Å². The molecule has 0 saturated heterocycles. The molecular weight excluding hydrogens is 641 g/mol. The van der Waals surface area contributed by atoms with E-state index < -0.39 is 11.8 Å². The summed E-state index contributed by atoms with van der Waals surface area (Å²) < 4.78 is 5.79. The van der Waals surface area contributed by atoms with Gasteiger partial charge in [0.2, 0.25) is 5.91 Å². The minimum absolute atomic E-state index is 0.00661. The van der Waals surface area contributed by atoms with E-state index in [1.165, 1.54) is 17.8 Å². The lowest BCUT2D eigenvalue weighted by atomic mass is 10.1. The maximum atomic E-state index is 13.3. The molecule has 0 atom stereocenters. The first-order valence-corrected chi connectivity index (χ1v) is 15.8. The summed E-state index contributed by atoms with van der Waals surface area (Å²) in [6.07, 6.45) is 1.49. The lowest BCUT2D eigenvalue weighted by Gasteiger charge is -2.12. The number of hydrogen-bond acceptors (Lipinski definition) is 5. The van der Waals surface area contributed by atoms with Crippen LogP contribution in [0.3, 0.4) is 0 Å². The van der Waals surface area contributed by atoms with Crippen LogP contribution >= 0.6 is 35.0 Å². The van der Waals surface area contributed by atoms with E-state index in [-0.39, 0.29) is 17.4 Å². The number of rotatable bonds is 11. The molecule has 0 unspecified atom stereocenters. The van der Waals surface area contributed by atoms with Crippen molar-refractivity contribution in [3.63, 3.8) is 0 Å². The third-order valence-corrected chi connectivity index (χ3v) is 7.96. The van der Waals surface area contributed by atoms with Crippen molar-refractivity contribution in [3.8, 4) is 11.5 Å². The molecule has 0 aliphatic rings. The van der Waals surface area contributed by atoms with Crippen molar-refractivity contribution in [2.45, 2.75) is 4.90 Å². The third kappa shape index (κ3) is 9.49. The van der Waals surface area contributed by atoms with Gasteiger partial charge in [0.05, 0.1) is 5.75 Å². The zero-order chi connectivity index (χ0) is 32.3. The molecule has 0 spiro atoms. The van der Waals surface area contributed by atoms with Crippen LogP contribution in [0, 0.1) is 0 Å². The van der Waals surface area contributed by atoms with Crippen molar-refractivity contribution < 1.29 is 19.1 Å². The number of anilines is 2. The van der Waals surface area contributed by atoms with Gasteiger partial charge in [-0.3, -0.25) is 14.4 Å². The van der Waals surface area contributed by atoms with Crippen LogP contribution in [0.25, 0.3) is 6.08 Å². The smallest absolute Gasteiger partial charge is 0.272 e. The maximum Gasteiger partial charge on any atom is 0.272 e. The van der Waals surface area contributed by atoms with E-state index in [1.807, 2.05) is 30.3 Å². The second kappa shape index (κ2) is 15.8. The third-order valence-electron chi connectivity index (χ3n) is 6.39. The summed E-state index contributed by atoms with van der Waals surface area (Å²) in [5.74, 6) is 0.429. The van der Waals surface area contributed by atoms with E-state index in [0.717, 1.165) is 10.6 Å². The van der Waals surface area contributed by atoms with Gasteiger partial charge in [0.15, 0.2) is 0 Å². The number of carbonyl (C=O) groups excluding carboxylic acids is 3. The first-order valence-electron chi connectivity index (χ1n) is 14.0. The van der Waals surface area contributed by atoms with Crippen molar-refractivity contribution in [2.75, 3.05) is 16.4 Å². The number of nitrogens with one attached hydrogen (secondary N) is 3. The zero-order valence-electron chi connectivity index (χ0n) is 24.2. The van der Waals surface area contributed by atoms with E-state index in [0.29, 0.717) is 38.3 Å². The first kappa shape index (κ1) is 32.4. The Morgan fingerprint density at radius 3 is 1.98 bits per heavy atom. The van der Waals surface area contributed by atoms with E-state index in [1.54, 1.807) is 97.1 Å². The van der Waals surface area contributed by atoms with Crippen LogP contribution in [0.2, 0.25) is 10.0 Å². The summed E-state index contributed by atoms with van der Waals surface area (Å²) in [5, 5.41) is 9.14. The number of ether oxygens (including phenoxy) is 1. The zero-order valence-corrected chi connectivity index (χ0v) is 26.5. The SMILES string of the molecule is O=C(CSc1ccc(NC(=O)/C(=C/c2ccc(Cl)cc2Cl)NC(=O)c2ccccc2)cc1)Nc1ccc(Oc2ccccc2)cc1. The Kier molecular flexibility index (Phi) is 11.1. The monoisotopic (exact) mass is 667 g/mol. The van der Waals surface area contributed by atoms with Crippen LogP contribution < -0.4 is 20.7 Å². The molecule has 0 saturated carbocycles. The molecule has 5 aromatic carbocycles. The van der Waals surface area contributed by atoms with Gasteiger partial charge >= 0.3 is 0 Å². The highest BCUT2D eigenvalue weighted by atomic mass is 35.5. The summed E-state index contributed by atoms with van der Waals surface area (Å²) in [5.41, 5.74) is 2.05. The molecule has 230 valence electrons. The largest absolute Gasteiger partial charge is 0.457 e. The molecule has 0 bridgehead atoms. The molecule has 5 aromatic rings. The van der Waals surface area contributed by atoms with Gasteiger partial charge in [-0.25, -0.2) is 0 Å². The van der Waals surface area contributed by atoms with Gasteiger partial charge in [-0.1, -0.05) is 65.7 Å². The lowest BCUT2D eigenvalue weighted by Crippen LogP contribution is -2.30. The van der Waals surface area contributed by atoms with Crippen molar-refractivity contribution in [2.24, 2.45) is 0 Å². The van der Waals surface area contributed by atoms with Crippen molar-refractivity contribution in [1.29, 1.82) is 0 Å². The van der Waals surface area contributed by atoms with E-state index in [9.17, 15) is 14.4 Å². The van der Waals surface area contributed by atoms with Gasteiger partial charge in [0.25, 0.3) is 11.8 Å². The topological polar surface area (TPSA) is 96.5 Å². The molecule has 0 fully saturated rings. The average Bonchev–Trinajstić information content (AvgIpc) is 3.07. The Bertz CT molecular complexity index is 1850. The molecule has 0 aliphatic heterocycles. The molecule has 0 radical (unpaired) electrons. The molecule has 46 heavy (non-hydrogen) atoms. The minimum Gasteiger partial charge on any atom is -0.457 e. The second-order valence-corrected chi connectivity index (χ2v) is 11.7. The highest BCUT2D eigenvalue weighted by Crippen LogP contribution is 2.25. The Balaban J connectivity index is 1.17. The fourth-order valence-corrected chi connectivity index (χ4v) is 5.29. The predicted molar refractivity (Wildman–Crippen MR) is 186 cm³/mol. The molecular formula is C36H27Cl2N3O4S. The van der Waals surface area contributed by atoms with Gasteiger partial charge < -0.3 is 20.7 Å². The van der Waals surface area contributed by atoms with Gasteiger partial charge in [-0.15, -0.1) is 11.8 Å². The number of amides is 3. The van der Waals surface area contributed by atoms with E-state index >= 15 is 0 Å². The first-order chi connectivity index (χ1) is 22.3. The van der Waals surface area contributed by atoms with Crippen LogP contribution in [-0.4, -0.2) is 23.5 Å². The number of carbonyl (C=O) groups is 3. The summed E-state index contributed by atoms with van der Waals surface area (Å²) >= 11 is 13.7. The second-order valence-electron chi connectivity index (χ2n) is 9.80. The molecule has 0 heterocycles. The molecule has 10 heteroatoms. The highest BCUT2D eigenvalue weighted by Gasteiger charge is 2.16. The van der Waals surface area contributed by atoms with Gasteiger partial charge in [0, 0.05) is 31.9 Å². The van der Waals surface area contributed by atoms with Crippen LogP contribution in [0.1, 0.15) is 15.9 Å². The molecule has 0 aromatic heterocycles. The van der Waals surface area contributed by atoms with Gasteiger partial charge in [-0.05, 0) is 96.6 Å². The summed E-state index contributed by atoms with van der Waals surface area (Å²) in [6.45, 7) is 0. The van der Waals surface area contributed by atoms with Crippen LogP contribution in [0.4, 0.5) is 11.4 Å². The normalized spacial score (nSPS) is 11.0. The minimum atomic E-state index is -0.546. The molecule has 3 N–H and O–H groups in total. The fraction of sp³-hybridized carbons (Fsp3) is 0.0278. The van der Waals surface area contributed by atoms with Crippen molar-refractivity contribution >= 4 is 70.1 Å². The Morgan fingerprint density at radius 1 is 0.696 bits per heavy atom. The number of thioether (sulfide) groups is 1. The Hall–Kier alpha value is -5.02. The standard InChI is InChI=1S/C36H27Cl2N3O4S/c37-26-12-11-25(32(38)22-26)21-33(41-35(43)24-7-3-1-4-8-24)36(44)40-28-15-19-31(20-16-28)46-23-34(42)39-27-13-17-30(18-14-27)45-29-9-5-2-6-10-29/h1-22H,23H2,(H,39,42)(H,40,44)(H,41,43)/b33-21-. The van der Waals surface area contributed by atoms with E-state index in [4.69, 9.17) is 27.9 Å². The highest BCUT2D eigenvalue weighted by molar-refractivity contribution is 8.00. The van der Waals surface area contributed by atoms with Crippen LogP contribution in [-0.2, 0) is 9.59 Å². The summed E-state index contributed by atoms with van der Waals surface area (Å²) in [6, 6.07) is 37.0.